The number of aromatic carboxylic acids is 1. The summed E-state index contributed by atoms with van der Waals surface area (Å²) in [4.78, 5) is 22.7. The lowest BCUT2D eigenvalue weighted by atomic mass is 9.88. The van der Waals surface area contributed by atoms with Crippen molar-refractivity contribution in [3.63, 3.8) is 0 Å². The molecule has 1 aliphatic heterocycles. The first-order valence-electron chi connectivity index (χ1n) is 11.9. The summed E-state index contributed by atoms with van der Waals surface area (Å²) in [5, 5.41) is 13.4. The number of hydrogen-bond acceptors (Lipinski definition) is 5. The minimum Gasteiger partial charge on any atom is -0.478 e. The average Bonchev–Trinajstić information content (AvgIpc) is 3.63. The smallest absolute Gasteiger partial charge is 0.337 e. The number of nitrogens with zero attached hydrogens (tertiary/aromatic N) is 2. The standard InChI is InChI=1S/C26H29N5O2/c27-23(16-1-2-16)25-22(26(32)33)19-8-5-17-14-29-21(13-20(17)24(19)30-25)15-3-6-18(7-4-15)31-11-9-28-10-12-31/h3-4,6-7,13-14,16,23,28,30H,1-2,5,8-12,27H2,(H,32,33). The Morgan fingerprint density at radius 2 is 1.91 bits per heavy atom. The van der Waals surface area contributed by atoms with Crippen LogP contribution < -0.4 is 16.0 Å². The monoisotopic (exact) mass is 443 g/mol. The molecule has 1 atom stereocenters. The van der Waals surface area contributed by atoms with Crippen LogP contribution in [-0.2, 0) is 12.8 Å². The molecule has 3 aliphatic rings. The minimum absolute atomic E-state index is 0.246. The van der Waals surface area contributed by atoms with Crippen molar-refractivity contribution < 1.29 is 9.90 Å². The van der Waals surface area contributed by atoms with Gasteiger partial charge in [0.15, 0.2) is 0 Å². The molecule has 2 fully saturated rings. The summed E-state index contributed by atoms with van der Waals surface area (Å²) in [7, 11) is 0. The van der Waals surface area contributed by atoms with Gasteiger partial charge in [-0.25, -0.2) is 4.79 Å². The first-order chi connectivity index (χ1) is 16.1. The van der Waals surface area contributed by atoms with E-state index >= 15 is 0 Å². The van der Waals surface area contributed by atoms with Crippen LogP contribution in [0.4, 0.5) is 5.69 Å². The Balaban J connectivity index is 1.37. The lowest BCUT2D eigenvalue weighted by molar-refractivity contribution is 0.0694. The number of fused-ring (bicyclic) bond motifs is 3. The third kappa shape index (κ3) is 3.61. The van der Waals surface area contributed by atoms with Crippen LogP contribution >= 0.6 is 0 Å². The summed E-state index contributed by atoms with van der Waals surface area (Å²) in [5.41, 5.74) is 14.7. The molecule has 7 heteroatoms. The summed E-state index contributed by atoms with van der Waals surface area (Å²) < 4.78 is 0. The number of benzene rings is 1. The van der Waals surface area contributed by atoms with E-state index in [9.17, 15) is 9.90 Å². The van der Waals surface area contributed by atoms with Gasteiger partial charge in [0, 0.05) is 60.9 Å². The maximum Gasteiger partial charge on any atom is 0.337 e. The van der Waals surface area contributed by atoms with Crippen molar-refractivity contribution in [3.05, 3.63) is 58.9 Å². The van der Waals surface area contributed by atoms with Crippen LogP contribution in [0.15, 0.2) is 36.5 Å². The van der Waals surface area contributed by atoms with Gasteiger partial charge < -0.3 is 26.0 Å². The molecule has 33 heavy (non-hydrogen) atoms. The molecule has 0 bridgehead atoms. The molecule has 1 unspecified atom stereocenters. The summed E-state index contributed by atoms with van der Waals surface area (Å²) in [6, 6.07) is 10.4. The predicted molar refractivity (Wildman–Crippen MR) is 129 cm³/mol. The second-order valence-corrected chi connectivity index (χ2v) is 9.45. The zero-order valence-electron chi connectivity index (χ0n) is 18.6. The number of carbonyl (C=O) groups is 1. The molecule has 5 N–H and O–H groups in total. The highest BCUT2D eigenvalue weighted by Crippen LogP contribution is 2.44. The SMILES string of the molecule is NC(c1[nH]c2c(c1C(=O)O)CCc1cnc(-c3ccc(N4CCNCC4)cc3)cc1-2)C1CC1. The molecule has 7 nitrogen and oxygen atoms in total. The van der Waals surface area contributed by atoms with Crippen molar-refractivity contribution in [2.24, 2.45) is 11.7 Å². The van der Waals surface area contributed by atoms with Crippen LogP contribution in [0.1, 0.15) is 46.1 Å². The van der Waals surface area contributed by atoms with E-state index in [1.807, 2.05) is 6.20 Å². The average molecular weight is 444 g/mol. The van der Waals surface area contributed by atoms with Gasteiger partial charge in [-0.3, -0.25) is 4.98 Å². The Labute approximate surface area is 193 Å². The Hall–Kier alpha value is -3.16. The summed E-state index contributed by atoms with van der Waals surface area (Å²) in [5.74, 6) is -0.510. The Morgan fingerprint density at radius 1 is 1.15 bits per heavy atom. The fraction of sp³-hybridized carbons (Fsp3) is 0.385. The maximum absolute atomic E-state index is 12.2. The minimum atomic E-state index is -0.889. The van der Waals surface area contributed by atoms with Gasteiger partial charge in [0.05, 0.1) is 17.0 Å². The molecular formula is C26H29N5O2. The normalized spacial score (nSPS) is 18.5. The number of pyridine rings is 1. The van der Waals surface area contributed by atoms with Crippen molar-refractivity contribution in [2.75, 3.05) is 31.1 Å². The van der Waals surface area contributed by atoms with Crippen LogP contribution in [0.25, 0.3) is 22.5 Å². The molecule has 170 valence electrons. The number of rotatable bonds is 5. The van der Waals surface area contributed by atoms with Crippen LogP contribution in [0, 0.1) is 5.92 Å². The molecule has 6 rings (SSSR count). The number of anilines is 1. The van der Waals surface area contributed by atoms with E-state index in [2.05, 4.69) is 45.5 Å². The number of H-pyrrole nitrogens is 1. The second-order valence-electron chi connectivity index (χ2n) is 9.45. The van der Waals surface area contributed by atoms with Crippen molar-refractivity contribution in [1.29, 1.82) is 0 Å². The van der Waals surface area contributed by atoms with Crippen LogP contribution in [0.2, 0.25) is 0 Å². The van der Waals surface area contributed by atoms with Gasteiger partial charge in [-0.15, -0.1) is 0 Å². The van der Waals surface area contributed by atoms with Crippen LogP contribution in [-0.4, -0.2) is 47.2 Å². The van der Waals surface area contributed by atoms with E-state index in [1.165, 1.54) is 5.69 Å². The van der Waals surface area contributed by atoms with E-state index in [0.29, 0.717) is 23.6 Å². The first kappa shape index (κ1) is 20.4. The number of aromatic nitrogens is 2. The van der Waals surface area contributed by atoms with Crippen molar-refractivity contribution in [3.8, 4) is 22.5 Å². The number of carboxylic acids is 1. The number of carboxylic acid groups (broad SMARTS) is 1. The molecule has 2 aliphatic carbocycles. The molecule has 1 aromatic carbocycles. The van der Waals surface area contributed by atoms with E-state index < -0.39 is 5.97 Å². The lowest BCUT2D eigenvalue weighted by Crippen LogP contribution is -2.43. The zero-order chi connectivity index (χ0) is 22.5. The highest BCUT2D eigenvalue weighted by atomic mass is 16.4. The molecule has 0 amide bonds. The van der Waals surface area contributed by atoms with E-state index in [1.54, 1.807) is 0 Å². The number of aromatic amines is 1. The van der Waals surface area contributed by atoms with Crippen molar-refractivity contribution in [2.45, 2.75) is 31.7 Å². The Bertz CT molecular complexity index is 1210. The topological polar surface area (TPSA) is 107 Å². The lowest BCUT2D eigenvalue weighted by Gasteiger charge is -2.29. The number of hydrogen-bond donors (Lipinski definition) is 4. The van der Waals surface area contributed by atoms with E-state index in [4.69, 9.17) is 10.7 Å². The van der Waals surface area contributed by atoms with Crippen LogP contribution in [0.3, 0.4) is 0 Å². The van der Waals surface area contributed by atoms with E-state index in [0.717, 1.165) is 79.1 Å². The number of aryl methyl sites for hydroxylation is 1. The molecule has 0 radical (unpaired) electrons. The molecule has 2 aromatic heterocycles. The third-order valence-electron chi connectivity index (χ3n) is 7.36. The van der Waals surface area contributed by atoms with Gasteiger partial charge in [-0.05, 0) is 60.9 Å². The van der Waals surface area contributed by atoms with Gasteiger partial charge >= 0.3 is 5.97 Å². The predicted octanol–water partition coefficient (Wildman–Crippen LogP) is 3.36. The zero-order valence-corrected chi connectivity index (χ0v) is 18.6. The molecule has 1 saturated carbocycles. The first-order valence-corrected chi connectivity index (χ1v) is 11.9. The van der Waals surface area contributed by atoms with Crippen molar-refractivity contribution >= 4 is 11.7 Å². The fourth-order valence-electron chi connectivity index (χ4n) is 5.32. The number of nitrogens with one attached hydrogen (secondary N) is 2. The van der Waals surface area contributed by atoms with Crippen LogP contribution in [0.5, 0.6) is 0 Å². The molecule has 3 heterocycles. The quantitative estimate of drug-likeness (QED) is 0.482. The van der Waals surface area contributed by atoms with Gasteiger partial charge in [0.25, 0.3) is 0 Å². The van der Waals surface area contributed by atoms with Gasteiger partial charge in [-0.1, -0.05) is 12.1 Å². The summed E-state index contributed by atoms with van der Waals surface area (Å²) in [6.45, 7) is 4.06. The van der Waals surface area contributed by atoms with Gasteiger partial charge in [0.2, 0.25) is 0 Å². The van der Waals surface area contributed by atoms with Crippen molar-refractivity contribution in [1.82, 2.24) is 15.3 Å². The van der Waals surface area contributed by atoms with Gasteiger partial charge in [-0.2, -0.15) is 0 Å². The molecule has 1 saturated heterocycles. The number of piperazine rings is 1. The largest absolute Gasteiger partial charge is 0.478 e. The highest BCUT2D eigenvalue weighted by Gasteiger charge is 2.36. The molecule has 3 aromatic rings. The Kier molecular flexibility index (Phi) is 4.96. The van der Waals surface area contributed by atoms with E-state index in [-0.39, 0.29) is 6.04 Å². The fourth-order valence-corrected chi connectivity index (χ4v) is 5.32. The molecule has 0 spiro atoms. The van der Waals surface area contributed by atoms with Gasteiger partial charge in [0.1, 0.15) is 0 Å². The third-order valence-corrected chi connectivity index (χ3v) is 7.36. The number of nitrogens with two attached hydrogens (primary N) is 1. The summed E-state index contributed by atoms with van der Waals surface area (Å²) in [6.07, 6.45) is 5.56. The maximum atomic E-state index is 12.2. The molecular weight excluding hydrogens is 414 g/mol. The highest BCUT2D eigenvalue weighted by molar-refractivity contribution is 5.95. The Morgan fingerprint density at radius 3 is 2.61 bits per heavy atom. The summed E-state index contributed by atoms with van der Waals surface area (Å²) >= 11 is 0. The second kappa shape index (κ2) is 8.01.